The smallest absolute Gasteiger partial charge is 0.337 e. The van der Waals surface area contributed by atoms with Gasteiger partial charge in [0.2, 0.25) is 0 Å². The minimum absolute atomic E-state index is 0.0470. The molecule has 5 nitrogen and oxygen atoms in total. The van der Waals surface area contributed by atoms with Crippen molar-refractivity contribution in [2.24, 2.45) is 0 Å². The average Bonchev–Trinajstić information content (AvgIpc) is 2.42. The lowest BCUT2D eigenvalue weighted by Crippen LogP contribution is -2.10. The highest BCUT2D eigenvalue weighted by Crippen LogP contribution is 2.29. The number of hydrogen-bond donors (Lipinski definition) is 4. The van der Waals surface area contributed by atoms with Gasteiger partial charge in [-0.2, -0.15) is 0 Å². The van der Waals surface area contributed by atoms with E-state index in [1.54, 1.807) is 24.3 Å². The fourth-order valence-electron chi connectivity index (χ4n) is 1.97. The summed E-state index contributed by atoms with van der Waals surface area (Å²) in [6, 6.07) is 9.70. The Morgan fingerprint density at radius 1 is 1.24 bits per heavy atom. The number of phenolic OH excluding ortho intramolecular Hbond substituents is 1. The molecule has 0 bridgehead atoms. The van der Waals surface area contributed by atoms with E-state index in [0.717, 1.165) is 5.56 Å². The molecule has 0 unspecified atom stereocenters. The number of anilines is 2. The molecule has 21 heavy (non-hydrogen) atoms. The molecule has 0 aliphatic heterocycles. The van der Waals surface area contributed by atoms with Crippen molar-refractivity contribution in [3.63, 3.8) is 0 Å². The molecule has 5 N–H and O–H groups in total. The van der Waals surface area contributed by atoms with Gasteiger partial charge in [0.25, 0.3) is 0 Å². The molecular formula is C15H15ClN2O3. The van der Waals surface area contributed by atoms with Gasteiger partial charge in [0.1, 0.15) is 5.75 Å². The number of hydrogen-bond acceptors (Lipinski definition) is 4. The van der Waals surface area contributed by atoms with Crippen LogP contribution in [0.3, 0.4) is 0 Å². The van der Waals surface area contributed by atoms with Crippen molar-refractivity contribution < 1.29 is 15.0 Å². The van der Waals surface area contributed by atoms with E-state index in [9.17, 15) is 15.0 Å². The van der Waals surface area contributed by atoms with Crippen LogP contribution in [0, 0.1) is 0 Å². The molecular weight excluding hydrogens is 292 g/mol. The van der Waals surface area contributed by atoms with E-state index in [2.05, 4.69) is 5.32 Å². The van der Waals surface area contributed by atoms with Crippen LogP contribution in [-0.4, -0.2) is 22.7 Å². The van der Waals surface area contributed by atoms with Crippen molar-refractivity contribution in [1.82, 2.24) is 0 Å². The third kappa shape index (κ3) is 3.79. The number of nitrogens with two attached hydrogens (primary N) is 1. The summed E-state index contributed by atoms with van der Waals surface area (Å²) in [5.74, 6) is -0.877. The van der Waals surface area contributed by atoms with Crippen LogP contribution >= 0.6 is 11.6 Å². The Morgan fingerprint density at radius 2 is 1.90 bits per heavy atom. The van der Waals surface area contributed by atoms with Crippen LogP contribution in [0.2, 0.25) is 5.02 Å². The largest absolute Gasteiger partial charge is 0.508 e. The number of nitrogens with one attached hydrogen (secondary N) is 1. The van der Waals surface area contributed by atoms with Gasteiger partial charge >= 0.3 is 5.97 Å². The van der Waals surface area contributed by atoms with E-state index in [4.69, 9.17) is 17.3 Å². The fraction of sp³-hybridized carbons (Fsp3) is 0.133. The Bertz CT molecular complexity index is 657. The molecule has 2 aromatic carbocycles. The summed E-state index contributed by atoms with van der Waals surface area (Å²) >= 11 is 6.04. The lowest BCUT2D eigenvalue weighted by atomic mass is 10.1. The van der Waals surface area contributed by atoms with E-state index >= 15 is 0 Å². The standard InChI is InChI=1S/C15H15ClN2O3/c16-13-8-10(17)7-12(15(20)21)14(13)18-6-5-9-1-3-11(19)4-2-9/h1-4,7-8,18-19H,5-6,17H2,(H,20,21). The number of carboxylic acid groups (broad SMARTS) is 1. The maximum absolute atomic E-state index is 11.2. The van der Waals surface area contributed by atoms with Crippen molar-refractivity contribution >= 4 is 28.9 Å². The normalized spacial score (nSPS) is 10.3. The molecule has 0 radical (unpaired) electrons. The first kappa shape index (κ1) is 15.0. The number of carbonyl (C=O) groups is 1. The first-order valence-electron chi connectivity index (χ1n) is 6.31. The number of aromatic carboxylic acids is 1. The molecule has 2 rings (SSSR count). The quantitative estimate of drug-likeness (QED) is 0.637. The molecule has 6 heteroatoms. The number of benzene rings is 2. The number of nitrogen functional groups attached to an aromatic ring is 1. The van der Waals surface area contributed by atoms with Gasteiger partial charge in [-0.05, 0) is 36.2 Å². The summed E-state index contributed by atoms with van der Waals surface area (Å²) < 4.78 is 0. The van der Waals surface area contributed by atoms with Crippen LogP contribution in [0.15, 0.2) is 36.4 Å². The lowest BCUT2D eigenvalue weighted by molar-refractivity contribution is 0.0698. The van der Waals surface area contributed by atoms with Gasteiger partial charge in [-0.1, -0.05) is 23.7 Å². The molecule has 0 saturated carbocycles. The molecule has 0 amide bonds. The van der Waals surface area contributed by atoms with Crippen molar-refractivity contribution in [3.8, 4) is 5.75 Å². The molecule has 0 fully saturated rings. The number of halogens is 1. The van der Waals surface area contributed by atoms with E-state index in [-0.39, 0.29) is 16.3 Å². The van der Waals surface area contributed by atoms with Gasteiger partial charge in [0.15, 0.2) is 0 Å². The maximum Gasteiger partial charge on any atom is 0.337 e. The van der Waals surface area contributed by atoms with Gasteiger partial charge in [0.05, 0.1) is 16.3 Å². The van der Waals surface area contributed by atoms with E-state index < -0.39 is 5.97 Å². The molecule has 0 spiro atoms. The summed E-state index contributed by atoms with van der Waals surface area (Å²) in [7, 11) is 0. The van der Waals surface area contributed by atoms with Gasteiger partial charge in [0, 0.05) is 12.2 Å². The number of phenols is 1. The van der Waals surface area contributed by atoms with Crippen molar-refractivity contribution in [1.29, 1.82) is 0 Å². The van der Waals surface area contributed by atoms with Crippen molar-refractivity contribution in [3.05, 3.63) is 52.5 Å². The van der Waals surface area contributed by atoms with E-state index in [1.165, 1.54) is 12.1 Å². The Balaban J connectivity index is 2.09. The number of aromatic hydroxyl groups is 1. The third-order valence-corrected chi connectivity index (χ3v) is 3.29. The summed E-state index contributed by atoms with van der Waals surface area (Å²) in [5.41, 5.74) is 7.33. The topological polar surface area (TPSA) is 95.6 Å². The van der Waals surface area contributed by atoms with Crippen LogP contribution in [0.25, 0.3) is 0 Å². The van der Waals surface area contributed by atoms with Gasteiger partial charge < -0.3 is 21.3 Å². The summed E-state index contributed by atoms with van der Waals surface area (Å²) in [6.45, 7) is 0.509. The Labute approximate surface area is 127 Å². The predicted octanol–water partition coefficient (Wildman–Crippen LogP) is 2.98. The zero-order valence-corrected chi connectivity index (χ0v) is 11.9. The highest BCUT2D eigenvalue weighted by atomic mass is 35.5. The summed E-state index contributed by atoms with van der Waals surface area (Å²) in [4.78, 5) is 11.2. The lowest BCUT2D eigenvalue weighted by Gasteiger charge is -2.12. The molecule has 0 heterocycles. The van der Waals surface area contributed by atoms with Crippen LogP contribution in [-0.2, 0) is 6.42 Å². The summed E-state index contributed by atoms with van der Waals surface area (Å²) in [6.07, 6.45) is 0.667. The minimum atomic E-state index is -1.09. The van der Waals surface area contributed by atoms with Crippen LogP contribution in [0.1, 0.15) is 15.9 Å². The fourth-order valence-corrected chi connectivity index (χ4v) is 2.27. The first-order valence-corrected chi connectivity index (χ1v) is 6.69. The van der Waals surface area contributed by atoms with Gasteiger partial charge in [-0.15, -0.1) is 0 Å². The maximum atomic E-state index is 11.2. The molecule has 0 saturated heterocycles. The Morgan fingerprint density at radius 3 is 2.52 bits per heavy atom. The second-order valence-electron chi connectivity index (χ2n) is 4.57. The van der Waals surface area contributed by atoms with Crippen LogP contribution in [0.4, 0.5) is 11.4 Å². The SMILES string of the molecule is Nc1cc(Cl)c(NCCc2ccc(O)cc2)c(C(=O)O)c1. The highest BCUT2D eigenvalue weighted by Gasteiger charge is 2.14. The highest BCUT2D eigenvalue weighted by molar-refractivity contribution is 6.34. The second kappa shape index (κ2) is 6.37. The first-order chi connectivity index (χ1) is 9.97. The molecule has 2 aromatic rings. The van der Waals surface area contributed by atoms with Crippen LogP contribution in [0.5, 0.6) is 5.75 Å². The molecule has 0 aliphatic carbocycles. The minimum Gasteiger partial charge on any atom is -0.508 e. The van der Waals surface area contributed by atoms with E-state index in [1.807, 2.05) is 0 Å². The monoisotopic (exact) mass is 306 g/mol. The van der Waals surface area contributed by atoms with Crippen molar-refractivity contribution in [2.75, 3.05) is 17.6 Å². The molecule has 0 atom stereocenters. The number of carboxylic acids is 1. The van der Waals surface area contributed by atoms with Crippen LogP contribution < -0.4 is 11.1 Å². The average molecular weight is 307 g/mol. The summed E-state index contributed by atoms with van der Waals surface area (Å²) in [5, 5.41) is 21.7. The molecule has 0 aromatic heterocycles. The molecule has 0 aliphatic rings. The van der Waals surface area contributed by atoms with Gasteiger partial charge in [-0.25, -0.2) is 4.79 Å². The Kier molecular flexibility index (Phi) is 4.55. The van der Waals surface area contributed by atoms with Gasteiger partial charge in [-0.3, -0.25) is 0 Å². The van der Waals surface area contributed by atoms with Crippen molar-refractivity contribution in [2.45, 2.75) is 6.42 Å². The number of rotatable bonds is 5. The third-order valence-electron chi connectivity index (χ3n) is 2.99. The Hall–Kier alpha value is -2.40. The predicted molar refractivity (Wildman–Crippen MR) is 83.1 cm³/mol. The zero-order chi connectivity index (χ0) is 15.4. The zero-order valence-electron chi connectivity index (χ0n) is 11.1. The second-order valence-corrected chi connectivity index (χ2v) is 4.98. The molecule has 110 valence electrons. The van der Waals surface area contributed by atoms with E-state index in [0.29, 0.717) is 24.3 Å².